The van der Waals surface area contributed by atoms with Crippen LogP contribution >= 0.6 is 43.2 Å². The van der Waals surface area contributed by atoms with E-state index >= 15 is 0 Å². The lowest BCUT2D eigenvalue weighted by atomic mass is 10.1. The summed E-state index contributed by atoms with van der Waals surface area (Å²) in [5.74, 6) is 2.25. The Morgan fingerprint density at radius 1 is 0.842 bits per heavy atom. The third-order valence-electron chi connectivity index (χ3n) is 2.21. The Bertz CT molecular complexity index is 174. The van der Waals surface area contributed by atoms with E-state index in [2.05, 4.69) is 52.3 Å². The normalized spacial score (nSPS) is 21.0. The Kier molecular flexibility index (Phi) is 14.1. The summed E-state index contributed by atoms with van der Waals surface area (Å²) in [4.78, 5) is 0. The molecule has 2 rings (SSSR count). The molecule has 19 heavy (non-hydrogen) atoms. The molecule has 0 aromatic rings. The van der Waals surface area contributed by atoms with Crippen molar-refractivity contribution in [3.63, 3.8) is 0 Å². The van der Waals surface area contributed by atoms with Crippen LogP contribution in [0.25, 0.3) is 0 Å². The molecule has 1 saturated heterocycles. The molecule has 1 atom stereocenters. The molecule has 1 saturated carbocycles. The molecular formula is C15H32S4. The first-order valence-corrected chi connectivity index (χ1v) is 12.2. The van der Waals surface area contributed by atoms with Gasteiger partial charge in [-0.25, -0.2) is 0 Å². The van der Waals surface area contributed by atoms with Gasteiger partial charge in [0.2, 0.25) is 0 Å². The maximum absolute atomic E-state index is 2.31. The van der Waals surface area contributed by atoms with Gasteiger partial charge >= 0.3 is 0 Å². The van der Waals surface area contributed by atoms with Crippen molar-refractivity contribution in [3.8, 4) is 0 Å². The second-order valence-electron chi connectivity index (χ2n) is 5.84. The van der Waals surface area contributed by atoms with E-state index in [1.807, 2.05) is 32.4 Å². The van der Waals surface area contributed by atoms with Gasteiger partial charge in [-0.2, -0.15) is 0 Å². The van der Waals surface area contributed by atoms with Gasteiger partial charge in [0.25, 0.3) is 0 Å². The zero-order valence-corrected chi connectivity index (χ0v) is 16.7. The van der Waals surface area contributed by atoms with Gasteiger partial charge in [-0.15, -0.1) is 0 Å². The van der Waals surface area contributed by atoms with Crippen LogP contribution in [0.1, 0.15) is 67.2 Å². The van der Waals surface area contributed by atoms with Crippen molar-refractivity contribution in [2.24, 2.45) is 5.92 Å². The van der Waals surface area contributed by atoms with Crippen molar-refractivity contribution in [2.75, 3.05) is 5.75 Å². The summed E-state index contributed by atoms with van der Waals surface area (Å²) < 4.78 is 0. The Morgan fingerprint density at radius 3 is 1.47 bits per heavy atom. The summed E-state index contributed by atoms with van der Waals surface area (Å²) in [7, 11) is 8.01. The lowest BCUT2D eigenvalue weighted by Crippen LogP contribution is -2.05. The van der Waals surface area contributed by atoms with Crippen LogP contribution in [0.2, 0.25) is 0 Å². The zero-order valence-electron chi connectivity index (χ0n) is 13.5. The fourth-order valence-corrected chi connectivity index (χ4v) is 6.06. The van der Waals surface area contributed by atoms with Gasteiger partial charge in [0.15, 0.2) is 0 Å². The highest BCUT2D eigenvalue weighted by atomic mass is 33.1. The molecule has 0 bridgehead atoms. The quantitative estimate of drug-likeness (QED) is 0.498. The summed E-state index contributed by atoms with van der Waals surface area (Å²) in [5.41, 5.74) is 0. The summed E-state index contributed by atoms with van der Waals surface area (Å²) in [6, 6.07) is 0. The van der Waals surface area contributed by atoms with E-state index in [9.17, 15) is 0 Å². The first kappa shape index (κ1) is 20.4. The average Bonchev–Trinajstić information content (AvgIpc) is 3.11. The van der Waals surface area contributed by atoms with Gasteiger partial charge in [0, 0.05) is 21.5 Å². The minimum Gasteiger partial charge on any atom is -0.0938 e. The average molecular weight is 341 g/mol. The second-order valence-corrected chi connectivity index (χ2v) is 12.0. The summed E-state index contributed by atoms with van der Waals surface area (Å²) >= 11 is 0. The molecule has 0 spiro atoms. The number of hydrogen-bond acceptors (Lipinski definition) is 4. The third-order valence-corrected chi connectivity index (χ3v) is 8.95. The molecule has 2 fully saturated rings. The van der Waals surface area contributed by atoms with Crippen LogP contribution in [0.4, 0.5) is 0 Å². The smallest absolute Gasteiger partial charge is 0.0182 e. The lowest BCUT2D eigenvalue weighted by molar-refractivity contribution is 0.603. The molecule has 1 heterocycles. The van der Waals surface area contributed by atoms with Gasteiger partial charge in [-0.3, -0.25) is 0 Å². The van der Waals surface area contributed by atoms with Crippen molar-refractivity contribution in [1.82, 2.24) is 0 Å². The van der Waals surface area contributed by atoms with E-state index in [1.54, 1.807) is 0 Å². The van der Waals surface area contributed by atoms with E-state index in [-0.39, 0.29) is 0 Å². The van der Waals surface area contributed by atoms with Crippen LogP contribution in [-0.4, -0.2) is 21.5 Å². The Balaban J connectivity index is 0.000000279. The summed E-state index contributed by atoms with van der Waals surface area (Å²) in [5, 5.41) is 2.48. The molecular weight excluding hydrogens is 308 g/mol. The van der Waals surface area contributed by atoms with Gasteiger partial charge < -0.3 is 0 Å². The molecule has 1 unspecified atom stereocenters. The minimum atomic E-state index is 0.766. The van der Waals surface area contributed by atoms with Crippen molar-refractivity contribution in [3.05, 3.63) is 0 Å². The van der Waals surface area contributed by atoms with Gasteiger partial charge in [0.1, 0.15) is 0 Å². The van der Waals surface area contributed by atoms with Crippen molar-refractivity contribution in [2.45, 2.75) is 83.0 Å². The fourth-order valence-electron chi connectivity index (χ4n) is 1.01. The molecule has 0 aromatic heterocycles. The molecule has 116 valence electrons. The highest BCUT2D eigenvalue weighted by molar-refractivity contribution is 8.77. The lowest BCUT2D eigenvalue weighted by Gasteiger charge is -2.09. The Labute approximate surface area is 137 Å². The molecule has 0 N–H and O–H groups in total. The highest BCUT2D eigenvalue weighted by Gasteiger charge is 2.18. The number of hydrogen-bond donors (Lipinski definition) is 0. The van der Waals surface area contributed by atoms with Gasteiger partial charge in [-0.1, -0.05) is 104 Å². The van der Waals surface area contributed by atoms with Crippen LogP contribution in [-0.2, 0) is 0 Å². The molecule has 0 radical (unpaired) electrons. The number of rotatable bonds is 4. The molecule has 0 aromatic carbocycles. The maximum Gasteiger partial charge on any atom is 0.0182 e. The van der Waals surface area contributed by atoms with Crippen LogP contribution in [0.5, 0.6) is 0 Å². The SMILES string of the molecule is C1CC1.CC(C)C1CCSS1.CC(C)SSC(C)C. The molecule has 0 nitrogen and oxygen atoms in total. The molecule has 1 aliphatic carbocycles. The minimum absolute atomic E-state index is 0.766. The third kappa shape index (κ3) is 17.3. The van der Waals surface area contributed by atoms with Crippen molar-refractivity contribution < 1.29 is 0 Å². The maximum atomic E-state index is 2.31. The van der Waals surface area contributed by atoms with Crippen LogP contribution in [0, 0.1) is 5.92 Å². The van der Waals surface area contributed by atoms with Crippen molar-refractivity contribution >= 4 is 43.2 Å². The van der Waals surface area contributed by atoms with Gasteiger partial charge in [0.05, 0.1) is 0 Å². The zero-order chi connectivity index (χ0) is 14.7. The fraction of sp³-hybridized carbons (Fsp3) is 1.00. The Morgan fingerprint density at radius 2 is 1.32 bits per heavy atom. The molecule has 1 aliphatic heterocycles. The summed E-state index contributed by atoms with van der Waals surface area (Å²) in [6.45, 7) is 13.5. The predicted molar refractivity (Wildman–Crippen MR) is 103 cm³/mol. The molecule has 2 aliphatic rings. The standard InChI is InChI=1S/C6H12S2.C6H14S2.C3H6/c1-5(2)6-3-4-7-8-6;1-5(2)7-8-6(3)4;1-2-3-1/h5-6H,3-4H2,1-2H3;5-6H,1-4H3;1-3H2. The van der Waals surface area contributed by atoms with E-state index in [0.29, 0.717) is 0 Å². The highest BCUT2D eigenvalue weighted by Crippen LogP contribution is 2.40. The summed E-state index contributed by atoms with van der Waals surface area (Å²) in [6.07, 6.45) is 5.92. The monoisotopic (exact) mass is 340 g/mol. The topological polar surface area (TPSA) is 0 Å². The first-order valence-electron chi connectivity index (χ1n) is 7.53. The largest absolute Gasteiger partial charge is 0.0938 e. The van der Waals surface area contributed by atoms with Crippen LogP contribution < -0.4 is 0 Å². The van der Waals surface area contributed by atoms with Gasteiger partial charge in [-0.05, 0) is 12.3 Å². The van der Waals surface area contributed by atoms with E-state index in [4.69, 9.17) is 0 Å². The van der Waals surface area contributed by atoms with Crippen molar-refractivity contribution in [1.29, 1.82) is 0 Å². The van der Waals surface area contributed by atoms with E-state index < -0.39 is 0 Å². The van der Waals surface area contributed by atoms with Crippen LogP contribution in [0.15, 0.2) is 0 Å². The van der Waals surface area contributed by atoms with Crippen LogP contribution in [0.3, 0.4) is 0 Å². The molecule has 0 amide bonds. The first-order chi connectivity index (χ1) is 8.93. The van der Waals surface area contributed by atoms with E-state index in [0.717, 1.165) is 21.7 Å². The predicted octanol–water partition coefficient (Wildman–Crippen LogP) is 7.15. The Hall–Kier alpha value is 1.40. The second kappa shape index (κ2) is 13.1. The molecule has 4 heteroatoms. The van der Waals surface area contributed by atoms with E-state index in [1.165, 1.54) is 31.4 Å².